The number of nitrogens with zero attached hydrogens (tertiary/aromatic N) is 1. The lowest BCUT2D eigenvalue weighted by Crippen LogP contribution is -2.42. The van der Waals surface area contributed by atoms with Crippen molar-refractivity contribution in [1.82, 2.24) is 10.2 Å². The van der Waals surface area contributed by atoms with E-state index in [1.54, 1.807) is 24.1 Å². The van der Waals surface area contributed by atoms with Gasteiger partial charge in [0.25, 0.3) is 5.91 Å². The Morgan fingerprint density at radius 1 is 1.61 bits per heavy atom. The van der Waals surface area contributed by atoms with E-state index in [2.05, 4.69) is 18.5 Å². The molecule has 0 radical (unpaired) electrons. The van der Waals surface area contributed by atoms with Crippen molar-refractivity contribution in [3.05, 3.63) is 36.8 Å². The fourth-order valence-corrected chi connectivity index (χ4v) is 4.67. The predicted octanol–water partition coefficient (Wildman–Crippen LogP) is 1.75. The molecule has 1 N–H and O–H groups in total. The van der Waals surface area contributed by atoms with Gasteiger partial charge in [0, 0.05) is 18.2 Å². The van der Waals surface area contributed by atoms with Crippen LogP contribution in [0.5, 0.6) is 0 Å². The SMILES string of the molecule is C=CCOP1(=S)OC[C@H]2O[C@@H](N3C=C(C)C(=O)NC3=C)CC2O1. The first-order chi connectivity index (χ1) is 10.9. The lowest BCUT2D eigenvalue weighted by atomic mass is 10.1. The van der Waals surface area contributed by atoms with Gasteiger partial charge in [-0.15, -0.1) is 6.58 Å². The zero-order valence-electron chi connectivity index (χ0n) is 12.8. The molecule has 3 aliphatic rings. The summed E-state index contributed by atoms with van der Waals surface area (Å²) in [6.07, 6.45) is 3.20. The van der Waals surface area contributed by atoms with Gasteiger partial charge in [-0.05, 0) is 18.7 Å². The first kappa shape index (κ1) is 16.8. The predicted molar refractivity (Wildman–Crippen MR) is 87.4 cm³/mol. The summed E-state index contributed by atoms with van der Waals surface area (Å²) in [5.74, 6) is 0.321. The van der Waals surface area contributed by atoms with Gasteiger partial charge < -0.3 is 28.5 Å². The molecule has 2 saturated heterocycles. The number of carbonyl (C=O) groups excluding carboxylic acids is 1. The van der Waals surface area contributed by atoms with Crippen LogP contribution in [0.25, 0.3) is 0 Å². The Morgan fingerprint density at radius 2 is 2.39 bits per heavy atom. The van der Waals surface area contributed by atoms with Crippen LogP contribution in [0.15, 0.2) is 36.8 Å². The van der Waals surface area contributed by atoms with Gasteiger partial charge in [-0.3, -0.25) is 4.79 Å². The van der Waals surface area contributed by atoms with Gasteiger partial charge in [-0.2, -0.15) is 0 Å². The van der Waals surface area contributed by atoms with E-state index in [0.717, 1.165) is 0 Å². The molecule has 126 valence electrons. The molecule has 0 spiro atoms. The molecule has 0 bridgehead atoms. The Morgan fingerprint density at radius 3 is 3.13 bits per heavy atom. The van der Waals surface area contributed by atoms with Crippen LogP contribution < -0.4 is 5.32 Å². The van der Waals surface area contributed by atoms with Crippen LogP contribution in [0.4, 0.5) is 0 Å². The molecule has 0 aromatic rings. The van der Waals surface area contributed by atoms with Gasteiger partial charge in [0.05, 0.1) is 19.3 Å². The zero-order chi connectivity index (χ0) is 16.6. The number of hydrogen-bond acceptors (Lipinski definition) is 7. The number of carbonyl (C=O) groups is 1. The van der Waals surface area contributed by atoms with E-state index >= 15 is 0 Å². The van der Waals surface area contributed by atoms with Crippen LogP contribution in [-0.4, -0.2) is 42.5 Å². The third-order valence-corrected chi connectivity index (χ3v) is 6.11. The van der Waals surface area contributed by atoms with Crippen LogP contribution in [-0.2, 0) is 34.9 Å². The molecule has 7 nitrogen and oxygen atoms in total. The summed E-state index contributed by atoms with van der Waals surface area (Å²) < 4.78 is 22.9. The minimum absolute atomic E-state index is 0.158. The summed E-state index contributed by atoms with van der Waals surface area (Å²) in [4.78, 5) is 13.4. The van der Waals surface area contributed by atoms with Crippen molar-refractivity contribution in [2.75, 3.05) is 13.2 Å². The van der Waals surface area contributed by atoms with E-state index in [0.29, 0.717) is 24.4 Å². The highest BCUT2D eigenvalue weighted by atomic mass is 32.5. The van der Waals surface area contributed by atoms with Crippen LogP contribution >= 0.6 is 6.72 Å². The van der Waals surface area contributed by atoms with E-state index in [1.165, 1.54) is 0 Å². The molecule has 3 rings (SSSR count). The van der Waals surface area contributed by atoms with Crippen molar-refractivity contribution in [2.24, 2.45) is 0 Å². The van der Waals surface area contributed by atoms with E-state index < -0.39 is 6.72 Å². The first-order valence-corrected chi connectivity index (χ1v) is 9.78. The van der Waals surface area contributed by atoms with E-state index in [9.17, 15) is 4.79 Å². The van der Waals surface area contributed by atoms with Gasteiger partial charge in [0.15, 0.2) is 0 Å². The first-order valence-electron chi connectivity index (χ1n) is 7.23. The third-order valence-electron chi connectivity index (χ3n) is 3.76. The fraction of sp³-hybridized carbons (Fsp3) is 0.500. The van der Waals surface area contributed by atoms with Crippen molar-refractivity contribution in [2.45, 2.75) is 31.8 Å². The lowest BCUT2D eigenvalue weighted by Gasteiger charge is -2.33. The van der Waals surface area contributed by atoms with Crippen molar-refractivity contribution >= 4 is 24.4 Å². The van der Waals surface area contributed by atoms with Crippen molar-refractivity contribution in [3.8, 4) is 0 Å². The molecule has 2 fully saturated rings. The quantitative estimate of drug-likeness (QED) is 0.606. The smallest absolute Gasteiger partial charge is 0.327 e. The van der Waals surface area contributed by atoms with Gasteiger partial charge in [-0.1, -0.05) is 12.7 Å². The molecule has 0 saturated carbocycles. The maximum Gasteiger partial charge on any atom is 0.327 e. The summed E-state index contributed by atoms with van der Waals surface area (Å²) in [5.41, 5.74) is 0.590. The molecule has 0 aromatic carbocycles. The molecule has 4 atom stereocenters. The Labute approximate surface area is 140 Å². The molecule has 0 aromatic heterocycles. The minimum Gasteiger partial charge on any atom is -0.350 e. The number of fused-ring (bicyclic) bond motifs is 1. The topological polar surface area (TPSA) is 69.3 Å². The number of rotatable bonds is 4. The van der Waals surface area contributed by atoms with Gasteiger partial charge in [0.1, 0.15) is 18.2 Å². The van der Waals surface area contributed by atoms with E-state index in [-0.39, 0.29) is 30.9 Å². The largest absolute Gasteiger partial charge is 0.350 e. The third kappa shape index (κ3) is 3.42. The van der Waals surface area contributed by atoms with Crippen LogP contribution in [0.1, 0.15) is 13.3 Å². The molecule has 0 aliphatic carbocycles. The normalized spacial score (nSPS) is 37.2. The number of amides is 1. The van der Waals surface area contributed by atoms with Crippen molar-refractivity contribution in [1.29, 1.82) is 0 Å². The highest BCUT2D eigenvalue weighted by Crippen LogP contribution is 2.56. The van der Waals surface area contributed by atoms with Crippen molar-refractivity contribution in [3.63, 3.8) is 0 Å². The van der Waals surface area contributed by atoms with Crippen molar-refractivity contribution < 1.29 is 23.1 Å². The van der Waals surface area contributed by atoms with E-state index in [4.69, 9.17) is 30.1 Å². The molecule has 3 aliphatic heterocycles. The average molecular weight is 358 g/mol. The zero-order valence-corrected chi connectivity index (χ0v) is 14.5. The maximum atomic E-state index is 11.6. The standard InChI is InChI=1S/C14H19N2O5PS/c1-4-5-18-22(23)19-8-12-11(21-22)6-13(20-12)16-7-9(2)14(17)15-10(16)3/h4,7,11-13H,1,3,5-6,8H2,2H3,(H,15,17)/t11?,12-,13-,22?/m1/s1. The highest BCUT2D eigenvalue weighted by molar-refractivity contribution is 8.07. The second-order valence-electron chi connectivity index (χ2n) is 5.46. The summed E-state index contributed by atoms with van der Waals surface area (Å²) in [6, 6.07) is 0. The van der Waals surface area contributed by atoms with Crippen LogP contribution in [0.3, 0.4) is 0 Å². The number of nitrogens with one attached hydrogen (secondary N) is 1. The van der Waals surface area contributed by atoms with Gasteiger partial charge >= 0.3 is 6.72 Å². The molecule has 23 heavy (non-hydrogen) atoms. The molecular formula is C14H19N2O5PS. The van der Waals surface area contributed by atoms with Gasteiger partial charge in [0.2, 0.25) is 0 Å². The number of hydrogen-bond donors (Lipinski definition) is 1. The summed E-state index contributed by atoms with van der Waals surface area (Å²) in [6.45, 7) is 7.05. The number of ether oxygens (including phenoxy) is 1. The molecule has 1 amide bonds. The van der Waals surface area contributed by atoms with Crippen LogP contribution in [0.2, 0.25) is 0 Å². The molecule has 3 heterocycles. The Balaban J connectivity index is 1.69. The Hall–Kier alpha value is -1.02. The molecular weight excluding hydrogens is 339 g/mol. The fourth-order valence-electron chi connectivity index (χ4n) is 2.60. The highest BCUT2D eigenvalue weighted by Gasteiger charge is 2.47. The monoisotopic (exact) mass is 358 g/mol. The molecule has 2 unspecified atom stereocenters. The second kappa shape index (κ2) is 6.47. The van der Waals surface area contributed by atoms with Gasteiger partial charge in [-0.25, -0.2) is 0 Å². The molecule has 9 heteroatoms. The second-order valence-corrected chi connectivity index (χ2v) is 8.42. The minimum atomic E-state index is -2.75. The van der Waals surface area contributed by atoms with Crippen LogP contribution in [0, 0.1) is 0 Å². The summed E-state index contributed by atoms with van der Waals surface area (Å²) >= 11 is 5.34. The van der Waals surface area contributed by atoms with E-state index in [1.807, 2.05) is 0 Å². The summed E-state index contributed by atoms with van der Waals surface area (Å²) in [7, 11) is 0. The average Bonchev–Trinajstić information content (AvgIpc) is 2.91. The Kier molecular flexibility index (Phi) is 4.73. The Bertz CT molecular complexity index is 622. The summed E-state index contributed by atoms with van der Waals surface area (Å²) in [5, 5.41) is 2.70. The maximum absolute atomic E-state index is 11.6. The lowest BCUT2D eigenvalue weighted by molar-refractivity contribution is -0.119.